The Morgan fingerprint density at radius 2 is 2.00 bits per heavy atom. The molecule has 0 amide bonds. The third-order valence-electron chi connectivity index (χ3n) is 5.00. The second-order valence-electron chi connectivity index (χ2n) is 6.57. The van der Waals surface area contributed by atoms with Crippen molar-refractivity contribution in [2.24, 2.45) is 11.7 Å². The monoisotopic (exact) mass is 303 g/mol. The van der Waals surface area contributed by atoms with E-state index in [2.05, 4.69) is 18.3 Å². The summed E-state index contributed by atoms with van der Waals surface area (Å²) in [4.78, 5) is 5.34. The maximum Gasteiger partial charge on any atom is 0.136 e. The van der Waals surface area contributed by atoms with Crippen molar-refractivity contribution in [1.82, 2.24) is 4.98 Å². The molecule has 2 aliphatic rings. The Kier molecular flexibility index (Phi) is 4.43. The highest BCUT2D eigenvalue weighted by atomic mass is 32.1. The SMILES string of the molecule is CC1CCCCC1Nc1nc2c(cc1C(N)=S)CCCC2. The number of nitrogens with two attached hydrogens (primary N) is 1. The molecule has 1 saturated carbocycles. The number of aryl methyl sites for hydroxylation is 2. The normalized spacial score (nSPS) is 25.2. The Bertz CT molecular complexity index is 541. The zero-order valence-corrected chi connectivity index (χ0v) is 13.6. The minimum Gasteiger partial charge on any atom is -0.389 e. The van der Waals surface area contributed by atoms with Gasteiger partial charge < -0.3 is 11.1 Å². The van der Waals surface area contributed by atoms with Crippen LogP contribution in [0.15, 0.2) is 6.07 Å². The number of hydrogen-bond donors (Lipinski definition) is 2. The Hall–Kier alpha value is -1.16. The van der Waals surface area contributed by atoms with E-state index in [4.69, 9.17) is 22.9 Å². The molecule has 1 aromatic rings. The fourth-order valence-corrected chi connectivity index (χ4v) is 3.79. The standard InChI is InChI=1S/C17H25N3S/c1-11-6-2-4-8-14(11)19-17-13(16(18)21)10-12-7-3-5-9-15(12)20-17/h10-11,14H,2-9H2,1H3,(H2,18,21)(H,19,20). The van der Waals surface area contributed by atoms with E-state index in [0.717, 1.165) is 24.2 Å². The first-order valence-electron chi connectivity index (χ1n) is 8.24. The number of fused-ring (bicyclic) bond motifs is 1. The van der Waals surface area contributed by atoms with Crippen LogP contribution in [0.3, 0.4) is 0 Å². The van der Waals surface area contributed by atoms with Gasteiger partial charge >= 0.3 is 0 Å². The number of rotatable bonds is 3. The summed E-state index contributed by atoms with van der Waals surface area (Å²) in [6.45, 7) is 2.33. The number of aromatic nitrogens is 1. The van der Waals surface area contributed by atoms with Crippen molar-refractivity contribution in [3.8, 4) is 0 Å². The van der Waals surface area contributed by atoms with E-state index < -0.39 is 0 Å². The van der Waals surface area contributed by atoms with Crippen LogP contribution in [0.1, 0.15) is 62.3 Å². The van der Waals surface area contributed by atoms with E-state index >= 15 is 0 Å². The third-order valence-corrected chi connectivity index (χ3v) is 5.22. The average Bonchev–Trinajstić information content (AvgIpc) is 2.48. The second-order valence-corrected chi connectivity index (χ2v) is 7.01. The Morgan fingerprint density at radius 3 is 2.76 bits per heavy atom. The topological polar surface area (TPSA) is 50.9 Å². The van der Waals surface area contributed by atoms with Gasteiger partial charge in [0.1, 0.15) is 10.8 Å². The first kappa shape index (κ1) is 14.8. The molecule has 3 rings (SSSR count). The summed E-state index contributed by atoms with van der Waals surface area (Å²) in [7, 11) is 0. The molecule has 2 aliphatic carbocycles. The zero-order valence-electron chi connectivity index (χ0n) is 12.8. The highest BCUT2D eigenvalue weighted by Crippen LogP contribution is 2.29. The molecule has 21 heavy (non-hydrogen) atoms. The van der Waals surface area contributed by atoms with Crippen LogP contribution in [0.5, 0.6) is 0 Å². The van der Waals surface area contributed by atoms with Crippen LogP contribution < -0.4 is 11.1 Å². The van der Waals surface area contributed by atoms with Crippen molar-refractivity contribution >= 4 is 23.0 Å². The van der Waals surface area contributed by atoms with Crippen molar-refractivity contribution in [2.45, 2.75) is 64.3 Å². The van der Waals surface area contributed by atoms with E-state index in [1.807, 2.05) is 0 Å². The first-order valence-corrected chi connectivity index (χ1v) is 8.65. The Balaban J connectivity index is 1.90. The van der Waals surface area contributed by atoms with Crippen molar-refractivity contribution < 1.29 is 0 Å². The minimum absolute atomic E-state index is 0.460. The summed E-state index contributed by atoms with van der Waals surface area (Å²) in [5.74, 6) is 1.61. The van der Waals surface area contributed by atoms with Crippen LogP contribution in [-0.4, -0.2) is 16.0 Å². The van der Waals surface area contributed by atoms with E-state index in [0.29, 0.717) is 16.9 Å². The summed E-state index contributed by atoms with van der Waals surface area (Å²) in [6, 6.07) is 2.68. The van der Waals surface area contributed by atoms with Crippen molar-refractivity contribution in [1.29, 1.82) is 0 Å². The first-order chi connectivity index (χ1) is 10.1. The van der Waals surface area contributed by atoms with Gasteiger partial charge in [0.2, 0.25) is 0 Å². The molecule has 0 radical (unpaired) electrons. The molecule has 0 spiro atoms. The van der Waals surface area contributed by atoms with Gasteiger partial charge in [0.05, 0.1) is 5.56 Å². The lowest BCUT2D eigenvalue weighted by Crippen LogP contribution is -2.32. The lowest BCUT2D eigenvalue weighted by atomic mass is 9.86. The quantitative estimate of drug-likeness (QED) is 0.838. The molecule has 1 aromatic heterocycles. The molecule has 0 aliphatic heterocycles. The van der Waals surface area contributed by atoms with E-state index in [9.17, 15) is 0 Å². The maximum absolute atomic E-state index is 5.94. The van der Waals surface area contributed by atoms with E-state index in [-0.39, 0.29) is 0 Å². The van der Waals surface area contributed by atoms with Crippen molar-refractivity contribution in [3.05, 3.63) is 22.9 Å². The summed E-state index contributed by atoms with van der Waals surface area (Å²) < 4.78 is 0. The maximum atomic E-state index is 5.94. The molecular weight excluding hydrogens is 278 g/mol. The molecule has 0 bridgehead atoms. The molecule has 3 nitrogen and oxygen atoms in total. The van der Waals surface area contributed by atoms with Crippen LogP contribution in [0.4, 0.5) is 5.82 Å². The molecule has 3 N–H and O–H groups in total. The number of anilines is 1. The molecule has 0 saturated heterocycles. The van der Waals surface area contributed by atoms with Crippen LogP contribution >= 0.6 is 12.2 Å². The van der Waals surface area contributed by atoms with Crippen LogP contribution in [0, 0.1) is 5.92 Å². The lowest BCUT2D eigenvalue weighted by molar-refractivity contribution is 0.349. The van der Waals surface area contributed by atoms with E-state index in [1.54, 1.807) is 0 Å². The molecule has 1 heterocycles. The highest BCUT2D eigenvalue weighted by molar-refractivity contribution is 7.80. The summed E-state index contributed by atoms with van der Waals surface area (Å²) in [6.07, 6.45) is 9.85. The summed E-state index contributed by atoms with van der Waals surface area (Å²) in [5, 5.41) is 3.65. The summed E-state index contributed by atoms with van der Waals surface area (Å²) in [5.41, 5.74) is 9.45. The second kappa shape index (κ2) is 6.30. The van der Waals surface area contributed by atoms with Crippen molar-refractivity contribution in [2.75, 3.05) is 5.32 Å². The zero-order chi connectivity index (χ0) is 14.8. The van der Waals surface area contributed by atoms with E-state index in [1.165, 1.54) is 49.8 Å². The van der Waals surface area contributed by atoms with Gasteiger partial charge in [-0.05, 0) is 56.1 Å². The van der Waals surface area contributed by atoms with Gasteiger partial charge in [0.15, 0.2) is 0 Å². The van der Waals surface area contributed by atoms with Gasteiger partial charge in [0.25, 0.3) is 0 Å². The van der Waals surface area contributed by atoms with Gasteiger partial charge in [-0.2, -0.15) is 0 Å². The Morgan fingerprint density at radius 1 is 1.24 bits per heavy atom. The number of pyridine rings is 1. The minimum atomic E-state index is 0.460. The molecular formula is C17H25N3S. The van der Waals surface area contributed by atoms with Gasteiger partial charge in [-0.1, -0.05) is 32.0 Å². The van der Waals surface area contributed by atoms with Crippen molar-refractivity contribution in [3.63, 3.8) is 0 Å². The van der Waals surface area contributed by atoms with Crippen LogP contribution in [0.2, 0.25) is 0 Å². The number of thiocarbonyl (C=S) groups is 1. The summed E-state index contributed by atoms with van der Waals surface area (Å²) >= 11 is 5.25. The van der Waals surface area contributed by atoms with Crippen LogP contribution in [-0.2, 0) is 12.8 Å². The third kappa shape index (κ3) is 3.20. The van der Waals surface area contributed by atoms with Gasteiger partial charge in [0, 0.05) is 11.7 Å². The van der Waals surface area contributed by atoms with Gasteiger partial charge in [-0.25, -0.2) is 4.98 Å². The largest absolute Gasteiger partial charge is 0.389 e. The fourth-order valence-electron chi connectivity index (χ4n) is 3.64. The fraction of sp³-hybridized carbons (Fsp3) is 0.647. The van der Waals surface area contributed by atoms with Crippen LogP contribution in [0.25, 0.3) is 0 Å². The molecule has 2 unspecified atom stereocenters. The number of hydrogen-bond acceptors (Lipinski definition) is 3. The molecule has 2 atom stereocenters. The average molecular weight is 303 g/mol. The predicted molar refractivity (Wildman–Crippen MR) is 91.8 cm³/mol. The predicted octanol–water partition coefficient (Wildman–Crippen LogP) is 3.59. The molecule has 0 aromatic carbocycles. The smallest absolute Gasteiger partial charge is 0.136 e. The lowest BCUT2D eigenvalue weighted by Gasteiger charge is -2.31. The van der Waals surface area contributed by atoms with Gasteiger partial charge in [-0.15, -0.1) is 0 Å². The van der Waals surface area contributed by atoms with Gasteiger partial charge in [-0.3, -0.25) is 0 Å². The highest BCUT2D eigenvalue weighted by Gasteiger charge is 2.24. The Labute approximate surface area is 132 Å². The molecule has 1 fully saturated rings. The molecule has 114 valence electrons. The number of nitrogens with zero attached hydrogens (tertiary/aromatic N) is 1. The number of nitrogens with one attached hydrogen (secondary N) is 1. The molecule has 4 heteroatoms.